The van der Waals surface area contributed by atoms with Crippen molar-refractivity contribution in [1.82, 2.24) is 4.90 Å². The highest BCUT2D eigenvalue weighted by Crippen LogP contribution is 2.26. The Kier molecular flexibility index (Phi) is 1.40. The molecule has 2 aliphatic heterocycles. The van der Waals surface area contributed by atoms with E-state index in [0.29, 0.717) is 5.91 Å². The summed E-state index contributed by atoms with van der Waals surface area (Å²) >= 11 is 0. The maximum atomic E-state index is 11.1. The highest BCUT2D eigenvalue weighted by atomic mass is 16.2. The van der Waals surface area contributed by atoms with Crippen molar-refractivity contribution in [1.29, 1.82) is 0 Å². The van der Waals surface area contributed by atoms with Gasteiger partial charge in [-0.3, -0.25) is 4.79 Å². The lowest BCUT2D eigenvalue weighted by Gasteiger charge is -2.37. The minimum atomic E-state index is 0.385. The average molecular weight is 139 g/mol. The first kappa shape index (κ1) is 6.20. The highest BCUT2D eigenvalue weighted by molar-refractivity contribution is 5.77. The zero-order valence-electron chi connectivity index (χ0n) is 6.18. The van der Waals surface area contributed by atoms with Crippen LogP contribution in [-0.4, -0.2) is 23.9 Å². The van der Waals surface area contributed by atoms with Gasteiger partial charge < -0.3 is 4.90 Å². The van der Waals surface area contributed by atoms with Crippen molar-refractivity contribution in [3.05, 3.63) is 0 Å². The van der Waals surface area contributed by atoms with Crippen molar-refractivity contribution in [2.24, 2.45) is 5.92 Å². The number of carbonyl (C=O) groups excluding carboxylic acids is 1. The summed E-state index contributed by atoms with van der Waals surface area (Å²) in [4.78, 5) is 13.2. The Morgan fingerprint density at radius 1 is 1.40 bits per heavy atom. The van der Waals surface area contributed by atoms with Crippen molar-refractivity contribution in [2.45, 2.75) is 25.7 Å². The molecule has 0 spiro atoms. The third-order valence-electron chi connectivity index (χ3n) is 2.64. The normalized spacial score (nSPS) is 32.6. The van der Waals surface area contributed by atoms with E-state index in [9.17, 15) is 4.79 Å². The molecule has 0 saturated carbocycles. The maximum absolute atomic E-state index is 11.1. The van der Waals surface area contributed by atoms with Gasteiger partial charge in [0.05, 0.1) is 0 Å². The molecule has 2 saturated heterocycles. The number of nitrogens with zero attached hydrogens (tertiary/aromatic N) is 1. The SMILES string of the molecule is O=C1CC[C@H]2CCCN1C2. The molecule has 1 atom stereocenters. The lowest BCUT2D eigenvalue weighted by atomic mass is 9.89. The molecule has 0 N–H and O–H groups in total. The minimum absolute atomic E-state index is 0.385. The Morgan fingerprint density at radius 3 is 3.10 bits per heavy atom. The molecule has 0 aromatic rings. The van der Waals surface area contributed by atoms with Crippen LogP contribution in [0.4, 0.5) is 0 Å². The molecule has 2 aliphatic rings. The number of hydrogen-bond acceptors (Lipinski definition) is 1. The Labute approximate surface area is 61.2 Å². The molecule has 0 radical (unpaired) electrons. The van der Waals surface area contributed by atoms with Crippen LogP contribution in [0.15, 0.2) is 0 Å². The third-order valence-corrected chi connectivity index (χ3v) is 2.64. The Hall–Kier alpha value is -0.530. The lowest BCUT2D eigenvalue weighted by molar-refractivity contribution is -0.136. The number of rotatable bonds is 0. The van der Waals surface area contributed by atoms with Crippen LogP contribution in [0.25, 0.3) is 0 Å². The molecule has 2 nitrogen and oxygen atoms in total. The van der Waals surface area contributed by atoms with Crippen molar-refractivity contribution in [2.75, 3.05) is 13.1 Å². The Bertz CT molecular complexity index is 155. The van der Waals surface area contributed by atoms with Crippen molar-refractivity contribution in [3.63, 3.8) is 0 Å². The van der Waals surface area contributed by atoms with E-state index < -0.39 is 0 Å². The maximum Gasteiger partial charge on any atom is 0.222 e. The molecule has 0 aliphatic carbocycles. The zero-order valence-corrected chi connectivity index (χ0v) is 6.18. The summed E-state index contributed by atoms with van der Waals surface area (Å²) in [6, 6.07) is 0. The summed E-state index contributed by atoms with van der Waals surface area (Å²) in [5.41, 5.74) is 0. The van der Waals surface area contributed by atoms with Gasteiger partial charge in [0.15, 0.2) is 0 Å². The molecular formula is C8H13NO. The summed E-state index contributed by atoms with van der Waals surface area (Å²) in [6.07, 6.45) is 4.54. The highest BCUT2D eigenvalue weighted by Gasteiger charge is 2.28. The van der Waals surface area contributed by atoms with Gasteiger partial charge in [0.2, 0.25) is 5.91 Å². The van der Waals surface area contributed by atoms with E-state index in [0.717, 1.165) is 31.8 Å². The first-order chi connectivity index (χ1) is 4.86. The van der Waals surface area contributed by atoms with E-state index >= 15 is 0 Å². The zero-order chi connectivity index (χ0) is 6.97. The van der Waals surface area contributed by atoms with Gasteiger partial charge in [0.25, 0.3) is 0 Å². The van der Waals surface area contributed by atoms with E-state index in [2.05, 4.69) is 0 Å². The molecule has 0 aromatic carbocycles. The number of fused-ring (bicyclic) bond motifs is 2. The van der Waals surface area contributed by atoms with Crippen molar-refractivity contribution >= 4 is 5.91 Å². The van der Waals surface area contributed by atoms with Gasteiger partial charge in [-0.15, -0.1) is 0 Å². The number of piperidine rings is 2. The molecule has 10 heavy (non-hydrogen) atoms. The lowest BCUT2D eigenvalue weighted by Crippen LogP contribution is -2.43. The van der Waals surface area contributed by atoms with E-state index in [-0.39, 0.29) is 0 Å². The van der Waals surface area contributed by atoms with Gasteiger partial charge in [0.1, 0.15) is 0 Å². The van der Waals surface area contributed by atoms with E-state index in [1.807, 2.05) is 4.90 Å². The molecule has 0 unspecified atom stereocenters. The van der Waals surface area contributed by atoms with Crippen LogP contribution >= 0.6 is 0 Å². The quantitative estimate of drug-likeness (QED) is 0.490. The summed E-state index contributed by atoms with van der Waals surface area (Å²) in [6.45, 7) is 2.08. The van der Waals surface area contributed by atoms with Crippen LogP contribution in [0.5, 0.6) is 0 Å². The van der Waals surface area contributed by atoms with E-state index in [1.54, 1.807) is 0 Å². The second-order valence-corrected chi connectivity index (χ2v) is 3.39. The monoisotopic (exact) mass is 139 g/mol. The summed E-state index contributed by atoms with van der Waals surface area (Å²) < 4.78 is 0. The second-order valence-electron chi connectivity index (χ2n) is 3.39. The fraction of sp³-hybridized carbons (Fsp3) is 0.875. The van der Waals surface area contributed by atoms with Gasteiger partial charge in [-0.25, -0.2) is 0 Å². The largest absolute Gasteiger partial charge is 0.342 e. The Morgan fingerprint density at radius 2 is 2.30 bits per heavy atom. The predicted molar refractivity (Wildman–Crippen MR) is 38.5 cm³/mol. The molecule has 56 valence electrons. The molecule has 1 amide bonds. The van der Waals surface area contributed by atoms with Crippen LogP contribution in [0, 0.1) is 5.92 Å². The number of amides is 1. The minimum Gasteiger partial charge on any atom is -0.342 e. The molecule has 2 rings (SSSR count). The summed E-state index contributed by atoms with van der Waals surface area (Å²) in [5, 5.41) is 0. The van der Waals surface area contributed by atoms with Crippen LogP contribution in [0.3, 0.4) is 0 Å². The van der Waals surface area contributed by atoms with Gasteiger partial charge in [-0.05, 0) is 25.2 Å². The average Bonchev–Trinajstić information content (AvgIpc) is 1.99. The van der Waals surface area contributed by atoms with E-state index in [1.165, 1.54) is 12.8 Å². The van der Waals surface area contributed by atoms with E-state index in [4.69, 9.17) is 0 Å². The number of carbonyl (C=O) groups is 1. The fourth-order valence-corrected chi connectivity index (χ4v) is 2.01. The molecule has 2 bridgehead atoms. The summed E-state index contributed by atoms with van der Waals surface area (Å²) in [5.74, 6) is 1.22. The second kappa shape index (κ2) is 2.26. The predicted octanol–water partition coefficient (Wildman–Crippen LogP) is 1.02. The van der Waals surface area contributed by atoms with Gasteiger partial charge in [-0.2, -0.15) is 0 Å². The summed E-state index contributed by atoms with van der Waals surface area (Å²) in [7, 11) is 0. The van der Waals surface area contributed by atoms with Crippen LogP contribution in [-0.2, 0) is 4.79 Å². The topological polar surface area (TPSA) is 20.3 Å². The first-order valence-corrected chi connectivity index (χ1v) is 4.14. The molecule has 2 heteroatoms. The number of hydrogen-bond donors (Lipinski definition) is 0. The van der Waals surface area contributed by atoms with Crippen molar-refractivity contribution in [3.8, 4) is 0 Å². The standard InChI is InChI=1S/C8H13NO/c10-8-4-3-7-2-1-5-9(8)6-7/h7H,1-6H2/t7-/m1/s1. The van der Waals surface area contributed by atoms with Crippen molar-refractivity contribution < 1.29 is 4.79 Å². The Balaban J connectivity index is 2.07. The molecular weight excluding hydrogens is 126 g/mol. The molecule has 2 fully saturated rings. The van der Waals surface area contributed by atoms with Crippen LogP contribution in [0.2, 0.25) is 0 Å². The first-order valence-electron chi connectivity index (χ1n) is 4.14. The smallest absolute Gasteiger partial charge is 0.222 e. The van der Waals surface area contributed by atoms with Gasteiger partial charge >= 0.3 is 0 Å². The third kappa shape index (κ3) is 0.917. The van der Waals surface area contributed by atoms with Gasteiger partial charge in [-0.1, -0.05) is 0 Å². The fourth-order valence-electron chi connectivity index (χ4n) is 2.01. The molecule has 2 heterocycles. The van der Waals surface area contributed by atoms with Crippen LogP contribution in [0.1, 0.15) is 25.7 Å². The molecule has 0 aromatic heterocycles. The van der Waals surface area contributed by atoms with Crippen LogP contribution < -0.4 is 0 Å². The van der Waals surface area contributed by atoms with Gasteiger partial charge in [0, 0.05) is 19.5 Å².